The van der Waals surface area contributed by atoms with Gasteiger partial charge in [-0.3, -0.25) is 4.99 Å². The molecule has 0 saturated heterocycles. The fourth-order valence-corrected chi connectivity index (χ4v) is 8.60. The molecular weight excluding hydrogens is 713 g/mol. The third-order valence-corrected chi connectivity index (χ3v) is 11.2. The van der Waals surface area contributed by atoms with Gasteiger partial charge in [-0.1, -0.05) is 115 Å². The van der Waals surface area contributed by atoms with Crippen LogP contribution in [0.15, 0.2) is 193 Å². The highest BCUT2D eigenvalue weighted by atomic mass is 16.3. The summed E-state index contributed by atoms with van der Waals surface area (Å²) in [7, 11) is 0. The van der Waals surface area contributed by atoms with E-state index in [-0.39, 0.29) is 11.5 Å². The van der Waals surface area contributed by atoms with Crippen LogP contribution in [0, 0.1) is 0 Å². The Labute approximate surface area is 333 Å². The van der Waals surface area contributed by atoms with E-state index in [0.717, 1.165) is 60.7 Å². The number of hydrogen-bond donors (Lipinski definition) is 2. The number of para-hydroxylation sites is 4. The first-order valence-electron chi connectivity index (χ1n) is 19.3. The van der Waals surface area contributed by atoms with Crippen molar-refractivity contribution in [2.45, 2.75) is 0 Å². The summed E-state index contributed by atoms with van der Waals surface area (Å²) in [6.07, 6.45) is 1.74. The number of aromatic nitrogens is 3. The number of aromatic hydroxyl groups is 2. The molecular formula is C52H34N4O2. The van der Waals surface area contributed by atoms with Crippen LogP contribution in [0.2, 0.25) is 0 Å². The van der Waals surface area contributed by atoms with Crippen LogP contribution >= 0.6 is 0 Å². The Morgan fingerprint density at radius 1 is 0.448 bits per heavy atom. The normalized spacial score (nSPS) is 11.9. The van der Waals surface area contributed by atoms with Crippen molar-refractivity contribution in [1.29, 1.82) is 0 Å². The van der Waals surface area contributed by atoms with Crippen LogP contribution in [0.25, 0.3) is 88.1 Å². The number of rotatable bonds is 6. The molecule has 0 radical (unpaired) electrons. The maximum absolute atomic E-state index is 11.7. The van der Waals surface area contributed by atoms with Crippen molar-refractivity contribution >= 4 is 66.3 Å². The first-order chi connectivity index (χ1) is 28.6. The highest BCUT2D eigenvalue weighted by Gasteiger charge is 2.18. The quantitative estimate of drug-likeness (QED) is 0.166. The second kappa shape index (κ2) is 13.4. The summed E-state index contributed by atoms with van der Waals surface area (Å²) in [5.74, 6) is 0.267. The molecule has 2 N–H and O–H groups in total. The molecule has 58 heavy (non-hydrogen) atoms. The molecule has 0 unspecified atom stereocenters. The minimum absolute atomic E-state index is 0.122. The second-order valence-corrected chi connectivity index (χ2v) is 14.5. The lowest BCUT2D eigenvalue weighted by atomic mass is 10.0. The lowest BCUT2D eigenvalue weighted by Crippen LogP contribution is -1.97. The summed E-state index contributed by atoms with van der Waals surface area (Å²) in [5.41, 5.74) is 10.5. The number of aliphatic imine (C=N–C) groups is 1. The maximum Gasteiger partial charge on any atom is 0.127 e. The smallest absolute Gasteiger partial charge is 0.127 e. The van der Waals surface area contributed by atoms with Gasteiger partial charge in [-0.25, -0.2) is 4.98 Å². The first kappa shape index (κ1) is 33.4. The second-order valence-electron chi connectivity index (χ2n) is 14.5. The van der Waals surface area contributed by atoms with E-state index < -0.39 is 0 Å². The van der Waals surface area contributed by atoms with Crippen molar-refractivity contribution in [3.8, 4) is 45.3 Å². The SMILES string of the molecule is Oc1cc(-n2c3ccccc3c3ccccc32)ccc1-c1cc(-c2ccccc2)cc(C=Nc2cccc3c(-n4c5ccccc5c5ccccc54)ccc(O)c23)n1. The lowest BCUT2D eigenvalue weighted by Gasteiger charge is -2.14. The van der Waals surface area contributed by atoms with Gasteiger partial charge in [-0.05, 0) is 77.9 Å². The summed E-state index contributed by atoms with van der Waals surface area (Å²) in [4.78, 5) is 10.0. The maximum atomic E-state index is 11.7. The number of nitrogens with zero attached hydrogens (tertiary/aromatic N) is 4. The zero-order valence-electron chi connectivity index (χ0n) is 31.2. The minimum Gasteiger partial charge on any atom is -0.507 e. The average Bonchev–Trinajstić information content (AvgIpc) is 3.79. The van der Waals surface area contributed by atoms with Gasteiger partial charge in [0.1, 0.15) is 11.5 Å². The van der Waals surface area contributed by atoms with Gasteiger partial charge in [0.15, 0.2) is 0 Å². The summed E-state index contributed by atoms with van der Waals surface area (Å²) < 4.78 is 4.45. The van der Waals surface area contributed by atoms with Gasteiger partial charge in [0.2, 0.25) is 0 Å². The lowest BCUT2D eigenvalue weighted by molar-refractivity contribution is 0.477. The van der Waals surface area contributed by atoms with E-state index in [1.807, 2.05) is 84.9 Å². The fourth-order valence-electron chi connectivity index (χ4n) is 8.60. The highest BCUT2D eigenvalue weighted by Crippen LogP contribution is 2.41. The summed E-state index contributed by atoms with van der Waals surface area (Å²) in [5, 5.41) is 29.3. The molecule has 11 rings (SSSR count). The summed E-state index contributed by atoms with van der Waals surface area (Å²) in [6.45, 7) is 0. The average molecular weight is 747 g/mol. The molecule has 0 aliphatic rings. The highest BCUT2D eigenvalue weighted by molar-refractivity contribution is 6.12. The van der Waals surface area contributed by atoms with Gasteiger partial charge in [0, 0.05) is 44.2 Å². The number of fused-ring (bicyclic) bond motifs is 7. The van der Waals surface area contributed by atoms with Crippen LogP contribution in [-0.2, 0) is 0 Å². The number of benzene rings is 8. The van der Waals surface area contributed by atoms with E-state index in [4.69, 9.17) is 9.98 Å². The van der Waals surface area contributed by atoms with E-state index in [1.165, 1.54) is 10.8 Å². The molecule has 0 aliphatic heterocycles. The summed E-state index contributed by atoms with van der Waals surface area (Å²) >= 11 is 0. The Morgan fingerprint density at radius 3 is 1.64 bits per heavy atom. The molecule has 0 bridgehead atoms. The van der Waals surface area contributed by atoms with E-state index in [2.05, 4.69) is 106 Å². The molecule has 0 aliphatic carbocycles. The largest absolute Gasteiger partial charge is 0.507 e. The van der Waals surface area contributed by atoms with Gasteiger partial charge in [-0.2, -0.15) is 0 Å². The molecule has 0 atom stereocenters. The van der Waals surface area contributed by atoms with Crippen LogP contribution < -0.4 is 0 Å². The zero-order chi connectivity index (χ0) is 38.7. The van der Waals surface area contributed by atoms with Crippen LogP contribution in [-0.4, -0.2) is 30.5 Å². The molecule has 6 nitrogen and oxygen atoms in total. The monoisotopic (exact) mass is 746 g/mol. The topological polar surface area (TPSA) is 75.6 Å². The predicted molar refractivity (Wildman–Crippen MR) is 238 cm³/mol. The molecule has 3 aromatic heterocycles. The number of phenols is 2. The third kappa shape index (κ3) is 5.34. The van der Waals surface area contributed by atoms with Crippen molar-refractivity contribution in [2.75, 3.05) is 0 Å². The van der Waals surface area contributed by atoms with Crippen molar-refractivity contribution < 1.29 is 10.2 Å². The van der Waals surface area contributed by atoms with E-state index in [0.29, 0.717) is 28.0 Å². The molecule has 8 aromatic carbocycles. The van der Waals surface area contributed by atoms with Gasteiger partial charge in [0.25, 0.3) is 0 Å². The van der Waals surface area contributed by atoms with Crippen molar-refractivity contribution in [3.05, 3.63) is 194 Å². The van der Waals surface area contributed by atoms with Gasteiger partial charge < -0.3 is 19.3 Å². The Morgan fingerprint density at radius 2 is 1.02 bits per heavy atom. The van der Waals surface area contributed by atoms with Crippen molar-refractivity contribution in [1.82, 2.24) is 14.1 Å². The zero-order valence-corrected chi connectivity index (χ0v) is 31.2. The Bertz CT molecular complexity index is 3330. The number of phenolic OH excluding ortho intramolecular Hbond substituents is 2. The first-order valence-corrected chi connectivity index (χ1v) is 19.3. The van der Waals surface area contributed by atoms with Crippen LogP contribution in [0.4, 0.5) is 5.69 Å². The molecule has 0 spiro atoms. The Kier molecular flexibility index (Phi) is 7.69. The Balaban J connectivity index is 1.03. The third-order valence-electron chi connectivity index (χ3n) is 11.2. The molecule has 11 aromatic rings. The minimum atomic E-state index is 0.122. The standard InChI is InChI=1S/C52H34N4O2/c57-50-28-27-49(56-47-23-10-6-17-39(47)40-18-7-11-24-48(40)56)42-19-12-20-43(52(42)50)53-32-35-29-34(33-13-2-1-3-14-33)30-44(54-35)41-26-25-36(31-51(41)58)55-45-21-8-4-15-37(45)38-16-5-9-22-46(38)55/h1-32,57-58H. The van der Waals surface area contributed by atoms with Crippen molar-refractivity contribution in [3.63, 3.8) is 0 Å². The molecule has 6 heteroatoms. The fraction of sp³-hybridized carbons (Fsp3) is 0. The number of pyridine rings is 1. The molecule has 0 amide bonds. The van der Waals surface area contributed by atoms with E-state index in [9.17, 15) is 10.2 Å². The molecule has 0 fully saturated rings. The molecule has 274 valence electrons. The van der Waals surface area contributed by atoms with Gasteiger partial charge in [0.05, 0.1) is 56.4 Å². The van der Waals surface area contributed by atoms with Gasteiger partial charge >= 0.3 is 0 Å². The van der Waals surface area contributed by atoms with Crippen molar-refractivity contribution in [2.24, 2.45) is 4.99 Å². The molecule has 3 heterocycles. The number of hydrogen-bond acceptors (Lipinski definition) is 4. The van der Waals surface area contributed by atoms with Crippen LogP contribution in [0.3, 0.4) is 0 Å². The van der Waals surface area contributed by atoms with Crippen LogP contribution in [0.1, 0.15) is 5.69 Å². The van der Waals surface area contributed by atoms with E-state index in [1.54, 1.807) is 12.3 Å². The Hall–Kier alpha value is -7.96. The van der Waals surface area contributed by atoms with E-state index >= 15 is 0 Å². The molecule has 0 saturated carbocycles. The van der Waals surface area contributed by atoms with Crippen LogP contribution in [0.5, 0.6) is 11.5 Å². The predicted octanol–water partition coefficient (Wildman–Crippen LogP) is 12.9. The summed E-state index contributed by atoms with van der Waals surface area (Å²) in [6, 6.07) is 63.0. The van der Waals surface area contributed by atoms with Gasteiger partial charge in [-0.15, -0.1) is 0 Å².